The van der Waals surface area contributed by atoms with Gasteiger partial charge in [0.15, 0.2) is 0 Å². The maximum atomic E-state index is 15.8. The van der Waals surface area contributed by atoms with Crippen molar-refractivity contribution < 1.29 is 96.5 Å². The minimum atomic E-state index is -1.87. The van der Waals surface area contributed by atoms with Gasteiger partial charge < -0.3 is 126 Å². The zero-order chi connectivity index (χ0) is 99.1. The number of phenols is 1. The number of ether oxygens (including phenoxy) is 1. The summed E-state index contributed by atoms with van der Waals surface area (Å²) in [7, 11) is 3.96. The number of thioether (sulfide) groups is 1. The minimum absolute atomic E-state index is 0.00467. The van der Waals surface area contributed by atoms with Crippen LogP contribution in [0.1, 0.15) is 140 Å². The Labute approximate surface area is 793 Å². The summed E-state index contributed by atoms with van der Waals surface area (Å²) in [4.78, 5) is 262. The van der Waals surface area contributed by atoms with Gasteiger partial charge >= 0.3 is 0 Å². The van der Waals surface area contributed by atoms with E-state index in [-0.39, 0.29) is 109 Å². The zero-order valence-corrected chi connectivity index (χ0v) is 78.9. The molecule has 17 amide bonds. The topological polar surface area (TPSA) is 612 Å². The number of aromatic hydroxyl groups is 1. The number of nitrogens with zero attached hydrogens (tertiary/aromatic N) is 5. The molecule has 136 heavy (non-hydrogen) atoms. The van der Waals surface area contributed by atoms with Crippen molar-refractivity contribution in [2.45, 2.75) is 235 Å². The molecular formula is C94H131N21O20S. The fourth-order valence-corrected chi connectivity index (χ4v) is 17.7. The molecule has 738 valence electrons. The molecule has 3 aliphatic rings. The second kappa shape index (κ2) is 51.6. The van der Waals surface area contributed by atoms with Crippen LogP contribution in [0.3, 0.4) is 0 Å². The van der Waals surface area contributed by atoms with Crippen LogP contribution in [0.2, 0.25) is 0 Å². The third-order valence-corrected chi connectivity index (χ3v) is 25.6. The van der Waals surface area contributed by atoms with Crippen LogP contribution in [0.15, 0.2) is 116 Å². The van der Waals surface area contributed by atoms with Gasteiger partial charge in [0.25, 0.3) is 0 Å². The van der Waals surface area contributed by atoms with Gasteiger partial charge in [0, 0.05) is 106 Å². The number of fused-ring (bicyclic) bond motifs is 4. The van der Waals surface area contributed by atoms with Gasteiger partial charge in [-0.1, -0.05) is 132 Å². The lowest BCUT2D eigenvalue weighted by molar-refractivity contribution is -0.149. The number of H-pyrrole nitrogens is 2. The first kappa shape index (κ1) is 107. The fourth-order valence-electron chi connectivity index (χ4n) is 16.9. The van der Waals surface area contributed by atoms with E-state index in [2.05, 4.69) is 63.1 Å². The standard InChI is InChI=1S/C94H131N21O20S/c1-9-11-29-74-87(127)103-65(28-20-36-95)83(123)110-73(82(122)101-47-79(98)119)51-136-52-80(120)102-68(39-55-32-34-59(117)35-33-55)90(130)111(6)54(5)81(121)105-70(43-78(97)118)92(132)114-37-21-31-75(114)88(128)108-71(44-96)85(125)106-67(38-53(3)4)93(133)115-48-60(135-50-56-22-14-13-15-23-56)42-77(115)89(129)104-66(40-57-45-99-63-26-18-16-24-61(57)63)84(124)109-72(49-116)86(126)107-69(41-58-46-100-64-27-19-17-25-62(58)64)91(131)113(8)76(30-12-10-2)94(134)112(74)7/h13-19,22-27,32-35,45-46,53-54,60,65-77,99-100,116-117H,9-12,20-21,28-31,36-44,47-52,95-96H2,1-8H3,(H2,97,118)(H2,98,119)(H,101,122)(H,102,120)(H,103,127)(H,104,129)(H,105,121)(H,106,125)(H,107,126)(H,108,128)(H,109,124)(H,110,123)/t54-,60+,65-,66-,67-,68-,69-,70-,71-,72-,73-,74-,75-,76-,77-/m0/s1. The van der Waals surface area contributed by atoms with Crippen molar-refractivity contribution in [1.82, 2.24) is 87.6 Å². The molecule has 0 saturated carbocycles. The van der Waals surface area contributed by atoms with Gasteiger partial charge in [-0.15, -0.1) is 11.8 Å². The molecule has 3 fully saturated rings. The Bertz CT molecular complexity index is 5190. The SMILES string of the molecule is CCCC[C@H]1C(=O)N(C)[C@@H](CCCC)C(=O)N[C@@H](CCCN)C(=O)N[C@H](C(=O)NCC(N)=O)CSCC(=O)N[C@@H](Cc2ccc(O)cc2)C(=O)N(C)[C@@H](C)C(=O)N[C@@H](CC(N)=O)C(=O)N2CCC[C@H]2C(=O)N[C@@H](CN)C(=O)N[C@@H](CC(C)C)C(=O)N2C[C@H](OCc3ccccc3)C[C@H]2C(=O)N[C@@H](Cc2c[nH]c3ccccc23)C(=O)N[C@@H](CO)C(=O)N[C@@H](Cc2c[nH]c3ccccc23)C(=O)N1C. The molecule has 0 radical (unpaired) electrons. The van der Waals surface area contributed by atoms with Gasteiger partial charge in [0.2, 0.25) is 100 Å². The van der Waals surface area contributed by atoms with Crippen LogP contribution in [0, 0.1) is 5.92 Å². The summed E-state index contributed by atoms with van der Waals surface area (Å²) in [6.45, 7) is 5.85. The van der Waals surface area contributed by atoms with E-state index < -0.39 is 229 Å². The first-order valence-electron chi connectivity index (χ1n) is 46.1. The summed E-state index contributed by atoms with van der Waals surface area (Å²) in [6.07, 6.45) is 2.48. The Kier molecular flexibility index (Phi) is 40.4. The lowest BCUT2D eigenvalue weighted by Gasteiger charge is -2.36. The molecule has 9 rings (SSSR count). The van der Waals surface area contributed by atoms with E-state index in [0.29, 0.717) is 64.2 Å². The average Bonchev–Trinajstić information content (AvgIpc) is 1.59. The number of nitrogens with two attached hydrogens (primary N) is 4. The molecular weight excluding hydrogens is 1780 g/mol. The molecule has 15 atom stereocenters. The number of primary amides is 2. The van der Waals surface area contributed by atoms with Gasteiger partial charge in [0.05, 0.1) is 38.0 Å². The van der Waals surface area contributed by atoms with Gasteiger partial charge in [-0.3, -0.25) is 81.5 Å². The van der Waals surface area contributed by atoms with Crippen molar-refractivity contribution in [1.29, 1.82) is 0 Å². The van der Waals surface area contributed by atoms with Gasteiger partial charge in [-0.05, 0) is 111 Å². The third-order valence-electron chi connectivity index (χ3n) is 24.6. The van der Waals surface area contributed by atoms with Crippen LogP contribution < -0.4 is 76.1 Å². The van der Waals surface area contributed by atoms with Crippen LogP contribution in [-0.2, 0) is 112 Å². The highest BCUT2D eigenvalue weighted by Gasteiger charge is 2.47. The maximum absolute atomic E-state index is 15.8. The molecule has 3 aliphatic heterocycles. The molecule has 0 aliphatic carbocycles. The van der Waals surface area contributed by atoms with Crippen molar-refractivity contribution in [3.8, 4) is 5.75 Å². The lowest BCUT2D eigenvalue weighted by Crippen LogP contribution is -2.62. The van der Waals surface area contributed by atoms with Crippen LogP contribution in [-0.4, -0.2) is 308 Å². The summed E-state index contributed by atoms with van der Waals surface area (Å²) < 4.78 is 6.44. The highest BCUT2D eigenvalue weighted by Crippen LogP contribution is 2.29. The van der Waals surface area contributed by atoms with Crippen molar-refractivity contribution in [2.24, 2.45) is 28.9 Å². The van der Waals surface area contributed by atoms with Crippen molar-refractivity contribution >= 4 is 134 Å². The first-order valence-corrected chi connectivity index (χ1v) is 47.2. The van der Waals surface area contributed by atoms with Gasteiger partial charge in [-0.25, -0.2) is 0 Å². The number of para-hydroxylation sites is 2. The number of carbonyl (C=O) groups is 17. The first-order chi connectivity index (χ1) is 65.0. The average molecular weight is 1910 g/mol. The molecule has 22 N–H and O–H groups in total. The number of likely N-dealkylation sites (N-methyl/N-ethyl adjacent to an activating group) is 3. The number of amides is 17. The largest absolute Gasteiger partial charge is 0.508 e. The van der Waals surface area contributed by atoms with E-state index in [1.807, 2.05) is 32.0 Å². The van der Waals surface area contributed by atoms with E-state index in [1.165, 1.54) is 62.1 Å². The Balaban J connectivity index is 1.10. The van der Waals surface area contributed by atoms with Crippen molar-refractivity contribution in [3.05, 3.63) is 138 Å². The lowest BCUT2D eigenvalue weighted by atomic mass is 10.00. The molecule has 0 unspecified atom stereocenters. The Hall–Kier alpha value is -13.1. The van der Waals surface area contributed by atoms with Crippen LogP contribution in [0.5, 0.6) is 5.75 Å². The number of rotatable bonds is 27. The summed E-state index contributed by atoms with van der Waals surface area (Å²) >= 11 is 0.783. The molecule has 41 nitrogen and oxygen atoms in total. The smallest absolute Gasteiger partial charge is 0.246 e. The number of nitrogens with one attached hydrogen (secondary N) is 12. The molecule has 42 heteroatoms. The monoisotopic (exact) mass is 1910 g/mol. The summed E-state index contributed by atoms with van der Waals surface area (Å²) in [5.41, 5.74) is 26.9. The minimum Gasteiger partial charge on any atom is -0.508 e. The second-order valence-electron chi connectivity index (χ2n) is 35.1. The normalized spacial score (nSPS) is 24.7. The zero-order valence-electron chi connectivity index (χ0n) is 78.1. The molecule has 0 bridgehead atoms. The molecule has 3 saturated heterocycles. The molecule has 5 heterocycles. The van der Waals surface area contributed by atoms with E-state index in [4.69, 9.17) is 27.7 Å². The van der Waals surface area contributed by atoms with Crippen molar-refractivity contribution in [2.75, 3.05) is 72.0 Å². The molecule has 2 aromatic heterocycles. The summed E-state index contributed by atoms with van der Waals surface area (Å²) in [5.74, 6) is -17.1. The molecule has 4 aromatic carbocycles. The van der Waals surface area contributed by atoms with E-state index >= 15 is 33.6 Å². The quantitative estimate of drug-likeness (QED) is 0.0287. The number of aliphatic hydroxyl groups excluding tert-OH is 1. The number of benzene rings is 4. The summed E-state index contributed by atoms with van der Waals surface area (Å²) in [5, 5.41) is 49.4. The van der Waals surface area contributed by atoms with Gasteiger partial charge in [0.1, 0.15) is 90.3 Å². The van der Waals surface area contributed by atoms with Crippen LogP contribution >= 0.6 is 11.8 Å². The number of hydrogen-bond acceptors (Lipinski definition) is 23. The Morgan fingerprint density at radius 1 is 0.522 bits per heavy atom. The second-order valence-corrected chi connectivity index (χ2v) is 36.2. The van der Waals surface area contributed by atoms with E-state index in [0.717, 1.165) is 32.0 Å². The number of phenolic OH excluding ortho intramolecular Hbond substituents is 1. The van der Waals surface area contributed by atoms with E-state index in [9.17, 15) is 58.2 Å². The van der Waals surface area contributed by atoms with Crippen LogP contribution in [0.4, 0.5) is 0 Å². The maximum Gasteiger partial charge on any atom is 0.246 e. The highest BCUT2D eigenvalue weighted by molar-refractivity contribution is 8.00. The highest BCUT2D eigenvalue weighted by atomic mass is 32.2. The fraction of sp³-hybridized carbons (Fsp3) is 0.521. The number of aliphatic hydroxyl groups is 1. The number of carbonyl (C=O) groups excluding carboxylic acids is 17. The Morgan fingerprint density at radius 3 is 1.66 bits per heavy atom. The number of unbranched alkanes of at least 4 members (excludes halogenated alkanes) is 2. The molecule has 0 spiro atoms. The van der Waals surface area contributed by atoms with Crippen molar-refractivity contribution in [3.63, 3.8) is 0 Å². The molecule has 6 aromatic rings. The number of aromatic amines is 2. The number of aromatic nitrogens is 2. The summed E-state index contributed by atoms with van der Waals surface area (Å²) in [6, 6.07) is 7.40. The predicted octanol–water partition coefficient (Wildman–Crippen LogP) is -1.24. The predicted molar refractivity (Wildman–Crippen MR) is 505 cm³/mol. The van der Waals surface area contributed by atoms with E-state index in [1.54, 1.807) is 86.9 Å². The Morgan fingerprint density at radius 2 is 1.05 bits per heavy atom. The van der Waals surface area contributed by atoms with Crippen LogP contribution in [0.25, 0.3) is 21.8 Å². The van der Waals surface area contributed by atoms with Gasteiger partial charge in [-0.2, -0.15) is 0 Å². The third kappa shape index (κ3) is 29.5. The number of hydrogen-bond donors (Lipinski definition) is 18.